The molecule has 1 saturated heterocycles. The standard InChI is InChI=1S/C19H26N2O5S/c1-14(22)20-15-6-8-18(9-7-15)26-12-19(23)21(16-4-2-3-5-16)17-10-11-27(24,25)13-17/h6-9,16-17H,2-5,10-13H2,1H3,(H,20,22)/t17-/m0/s1. The molecule has 3 rings (SSSR count). The van der Waals surface area contributed by atoms with Crippen LogP contribution in [0, 0.1) is 0 Å². The summed E-state index contributed by atoms with van der Waals surface area (Å²) in [5, 5.41) is 2.67. The Labute approximate surface area is 160 Å². The van der Waals surface area contributed by atoms with Gasteiger partial charge < -0.3 is 15.0 Å². The van der Waals surface area contributed by atoms with E-state index in [2.05, 4.69) is 5.32 Å². The molecule has 1 saturated carbocycles. The van der Waals surface area contributed by atoms with Crippen molar-refractivity contribution in [3.05, 3.63) is 24.3 Å². The molecule has 0 bridgehead atoms. The minimum Gasteiger partial charge on any atom is -0.484 e. The van der Waals surface area contributed by atoms with Gasteiger partial charge in [-0.3, -0.25) is 9.59 Å². The fourth-order valence-electron chi connectivity index (χ4n) is 3.94. The number of benzene rings is 1. The molecule has 8 heteroatoms. The molecular weight excluding hydrogens is 368 g/mol. The molecule has 27 heavy (non-hydrogen) atoms. The van der Waals surface area contributed by atoms with E-state index in [1.54, 1.807) is 29.2 Å². The Bertz CT molecular complexity index is 785. The summed E-state index contributed by atoms with van der Waals surface area (Å²) < 4.78 is 29.4. The van der Waals surface area contributed by atoms with Gasteiger partial charge in [0.25, 0.3) is 5.91 Å². The minimum atomic E-state index is -3.05. The number of sulfone groups is 1. The molecule has 0 spiro atoms. The van der Waals surface area contributed by atoms with Crippen LogP contribution in [0.5, 0.6) is 5.75 Å². The first-order chi connectivity index (χ1) is 12.8. The second-order valence-electron chi connectivity index (χ2n) is 7.29. The molecule has 1 heterocycles. The fourth-order valence-corrected chi connectivity index (χ4v) is 5.65. The lowest BCUT2D eigenvalue weighted by molar-refractivity contribution is -0.137. The monoisotopic (exact) mass is 394 g/mol. The van der Waals surface area contributed by atoms with Gasteiger partial charge >= 0.3 is 0 Å². The summed E-state index contributed by atoms with van der Waals surface area (Å²) in [5.74, 6) is 0.427. The van der Waals surface area contributed by atoms with E-state index in [9.17, 15) is 18.0 Å². The summed E-state index contributed by atoms with van der Waals surface area (Å²) in [7, 11) is -3.05. The maximum absolute atomic E-state index is 12.9. The Morgan fingerprint density at radius 3 is 2.33 bits per heavy atom. The molecule has 148 valence electrons. The third kappa shape index (κ3) is 5.22. The Morgan fingerprint density at radius 1 is 1.11 bits per heavy atom. The Hall–Kier alpha value is -2.09. The summed E-state index contributed by atoms with van der Waals surface area (Å²) in [4.78, 5) is 25.7. The van der Waals surface area contributed by atoms with Crippen molar-refractivity contribution in [1.29, 1.82) is 0 Å². The minimum absolute atomic E-state index is 0.0562. The van der Waals surface area contributed by atoms with Crippen molar-refractivity contribution in [2.45, 2.75) is 51.1 Å². The van der Waals surface area contributed by atoms with Crippen LogP contribution >= 0.6 is 0 Å². The number of hydrogen-bond acceptors (Lipinski definition) is 5. The molecule has 1 aromatic rings. The molecule has 2 amide bonds. The van der Waals surface area contributed by atoms with Crippen molar-refractivity contribution in [2.24, 2.45) is 0 Å². The second kappa shape index (κ2) is 8.29. The summed E-state index contributed by atoms with van der Waals surface area (Å²) in [6, 6.07) is 6.67. The van der Waals surface area contributed by atoms with Crippen molar-refractivity contribution in [3.63, 3.8) is 0 Å². The van der Waals surface area contributed by atoms with Gasteiger partial charge in [0.05, 0.1) is 11.5 Å². The molecule has 2 fully saturated rings. The van der Waals surface area contributed by atoms with Crippen LogP contribution in [0.15, 0.2) is 24.3 Å². The zero-order valence-electron chi connectivity index (χ0n) is 15.5. The van der Waals surface area contributed by atoms with E-state index in [1.165, 1.54) is 6.92 Å². The van der Waals surface area contributed by atoms with Crippen molar-refractivity contribution >= 4 is 27.3 Å². The summed E-state index contributed by atoms with van der Waals surface area (Å²) in [6.07, 6.45) is 4.50. The normalized spacial score (nSPS) is 21.7. The topological polar surface area (TPSA) is 92.8 Å². The molecule has 1 aliphatic carbocycles. The summed E-state index contributed by atoms with van der Waals surface area (Å²) >= 11 is 0. The molecule has 0 unspecified atom stereocenters. The molecule has 1 aliphatic heterocycles. The van der Waals surface area contributed by atoms with Gasteiger partial charge in [0.1, 0.15) is 5.75 Å². The van der Waals surface area contributed by atoms with Crippen molar-refractivity contribution in [1.82, 2.24) is 4.90 Å². The fraction of sp³-hybridized carbons (Fsp3) is 0.579. The lowest BCUT2D eigenvalue weighted by Crippen LogP contribution is -2.48. The Balaban J connectivity index is 1.63. The zero-order chi connectivity index (χ0) is 19.4. The highest BCUT2D eigenvalue weighted by molar-refractivity contribution is 7.91. The lowest BCUT2D eigenvalue weighted by atomic mass is 10.1. The predicted molar refractivity (Wildman–Crippen MR) is 102 cm³/mol. The van der Waals surface area contributed by atoms with Crippen LogP contribution in [-0.4, -0.2) is 55.3 Å². The van der Waals surface area contributed by atoms with Gasteiger partial charge in [-0.1, -0.05) is 12.8 Å². The van der Waals surface area contributed by atoms with Gasteiger partial charge in [-0.25, -0.2) is 8.42 Å². The highest BCUT2D eigenvalue weighted by Gasteiger charge is 2.39. The molecule has 2 aliphatic rings. The third-order valence-corrected chi connectivity index (χ3v) is 6.90. The van der Waals surface area contributed by atoms with E-state index in [0.717, 1.165) is 25.7 Å². The van der Waals surface area contributed by atoms with Gasteiger partial charge in [0.15, 0.2) is 16.4 Å². The number of rotatable bonds is 6. The van der Waals surface area contributed by atoms with E-state index in [0.29, 0.717) is 17.9 Å². The largest absolute Gasteiger partial charge is 0.484 e. The number of hydrogen-bond donors (Lipinski definition) is 1. The van der Waals surface area contributed by atoms with Crippen LogP contribution in [0.25, 0.3) is 0 Å². The zero-order valence-corrected chi connectivity index (χ0v) is 16.3. The van der Waals surface area contributed by atoms with Crippen LogP contribution in [-0.2, 0) is 19.4 Å². The number of carbonyl (C=O) groups excluding carboxylic acids is 2. The van der Waals surface area contributed by atoms with Crippen molar-refractivity contribution in [3.8, 4) is 5.75 Å². The van der Waals surface area contributed by atoms with Crippen LogP contribution in [0.3, 0.4) is 0 Å². The molecule has 1 atom stereocenters. The van der Waals surface area contributed by atoms with Crippen LogP contribution < -0.4 is 10.1 Å². The molecule has 0 aromatic heterocycles. The number of carbonyl (C=O) groups is 2. The van der Waals surface area contributed by atoms with Gasteiger partial charge in [0, 0.05) is 24.7 Å². The molecular formula is C19H26N2O5S. The Kier molecular flexibility index (Phi) is 6.04. The number of ether oxygens (including phenoxy) is 1. The van der Waals surface area contributed by atoms with Crippen LogP contribution in [0.2, 0.25) is 0 Å². The van der Waals surface area contributed by atoms with Crippen molar-refractivity contribution < 1.29 is 22.7 Å². The van der Waals surface area contributed by atoms with Crippen LogP contribution in [0.4, 0.5) is 5.69 Å². The van der Waals surface area contributed by atoms with Gasteiger partial charge in [-0.15, -0.1) is 0 Å². The predicted octanol–water partition coefficient (Wildman–Crippen LogP) is 1.98. The summed E-state index contributed by atoms with van der Waals surface area (Å²) in [5.41, 5.74) is 0.657. The number of nitrogens with one attached hydrogen (secondary N) is 1. The number of nitrogens with zero attached hydrogens (tertiary/aromatic N) is 1. The van der Waals surface area contributed by atoms with E-state index >= 15 is 0 Å². The lowest BCUT2D eigenvalue weighted by Gasteiger charge is -2.34. The molecule has 0 radical (unpaired) electrons. The smallest absolute Gasteiger partial charge is 0.261 e. The Morgan fingerprint density at radius 2 is 1.78 bits per heavy atom. The second-order valence-corrected chi connectivity index (χ2v) is 9.52. The number of amides is 2. The van der Waals surface area contributed by atoms with E-state index < -0.39 is 9.84 Å². The quantitative estimate of drug-likeness (QED) is 0.796. The number of anilines is 1. The van der Waals surface area contributed by atoms with E-state index in [-0.39, 0.29) is 42.0 Å². The van der Waals surface area contributed by atoms with Gasteiger partial charge in [-0.2, -0.15) is 0 Å². The van der Waals surface area contributed by atoms with E-state index in [4.69, 9.17) is 4.74 Å². The van der Waals surface area contributed by atoms with Crippen LogP contribution in [0.1, 0.15) is 39.0 Å². The average molecular weight is 394 g/mol. The molecule has 1 N–H and O–H groups in total. The maximum Gasteiger partial charge on any atom is 0.261 e. The first-order valence-electron chi connectivity index (χ1n) is 9.36. The first kappa shape index (κ1) is 19.7. The van der Waals surface area contributed by atoms with E-state index in [1.807, 2.05) is 0 Å². The highest BCUT2D eigenvalue weighted by atomic mass is 32.2. The summed E-state index contributed by atoms with van der Waals surface area (Å²) in [6.45, 7) is 1.32. The molecule has 7 nitrogen and oxygen atoms in total. The molecule has 1 aromatic carbocycles. The van der Waals surface area contributed by atoms with Gasteiger partial charge in [-0.05, 0) is 43.5 Å². The van der Waals surface area contributed by atoms with Crippen molar-refractivity contribution in [2.75, 3.05) is 23.4 Å². The van der Waals surface area contributed by atoms with Gasteiger partial charge in [0.2, 0.25) is 5.91 Å². The highest BCUT2D eigenvalue weighted by Crippen LogP contribution is 2.29. The third-order valence-electron chi connectivity index (χ3n) is 5.14. The SMILES string of the molecule is CC(=O)Nc1ccc(OCC(=O)N(C2CCCC2)[C@H]2CCS(=O)(=O)C2)cc1. The first-order valence-corrected chi connectivity index (χ1v) is 11.2. The average Bonchev–Trinajstić information content (AvgIpc) is 3.24. The maximum atomic E-state index is 12.9.